The van der Waals surface area contributed by atoms with Crippen LogP contribution in [0.5, 0.6) is 5.75 Å². The van der Waals surface area contributed by atoms with E-state index in [1.54, 1.807) is 6.07 Å². The molecule has 0 fully saturated rings. The molecule has 5 heteroatoms. The van der Waals surface area contributed by atoms with Gasteiger partial charge >= 0.3 is 5.97 Å². The molecule has 0 aliphatic carbocycles. The molecular weight excluding hydrogens is 356 g/mol. The summed E-state index contributed by atoms with van der Waals surface area (Å²) < 4.78 is 6.47. The molecule has 0 heterocycles. The molecule has 0 saturated carbocycles. The lowest BCUT2D eigenvalue weighted by atomic mass is 10.1. The normalized spacial score (nSPS) is 10.4. The van der Waals surface area contributed by atoms with Crippen molar-refractivity contribution in [2.75, 3.05) is 0 Å². The predicted molar refractivity (Wildman–Crippen MR) is 85.9 cm³/mol. The topological polar surface area (TPSA) is 46.5 Å². The van der Waals surface area contributed by atoms with E-state index in [1.165, 1.54) is 0 Å². The molecule has 1 N–H and O–H groups in total. The average molecular weight is 370 g/mol. The summed E-state index contributed by atoms with van der Waals surface area (Å²) >= 11 is 9.64. The van der Waals surface area contributed by atoms with Crippen LogP contribution in [-0.4, -0.2) is 11.1 Å². The van der Waals surface area contributed by atoms with Gasteiger partial charge in [0.2, 0.25) is 0 Å². The molecule has 0 saturated heterocycles. The van der Waals surface area contributed by atoms with Crippen molar-refractivity contribution in [1.82, 2.24) is 0 Å². The van der Waals surface area contributed by atoms with Gasteiger partial charge in [0, 0.05) is 6.42 Å². The van der Waals surface area contributed by atoms with Crippen molar-refractivity contribution in [2.24, 2.45) is 0 Å². The number of hydrogen-bond acceptors (Lipinski definition) is 2. The van der Waals surface area contributed by atoms with Crippen molar-refractivity contribution < 1.29 is 14.6 Å². The molecule has 0 atom stereocenters. The van der Waals surface area contributed by atoms with Gasteiger partial charge in [0.15, 0.2) is 5.75 Å². The van der Waals surface area contributed by atoms with Gasteiger partial charge in [-0.15, -0.1) is 0 Å². The first-order chi connectivity index (χ1) is 10.1. The van der Waals surface area contributed by atoms with E-state index in [2.05, 4.69) is 15.9 Å². The maximum Gasteiger partial charge on any atom is 0.303 e. The number of carboxylic acid groups (broad SMARTS) is 1. The van der Waals surface area contributed by atoms with Crippen molar-refractivity contribution in [1.29, 1.82) is 0 Å². The maximum absolute atomic E-state index is 10.6. The van der Waals surface area contributed by atoms with E-state index in [0.29, 0.717) is 23.8 Å². The lowest BCUT2D eigenvalue weighted by Crippen LogP contribution is -2.00. The number of ether oxygens (including phenoxy) is 1. The zero-order valence-corrected chi connectivity index (χ0v) is 13.5. The summed E-state index contributed by atoms with van der Waals surface area (Å²) in [5.41, 5.74) is 1.91. The van der Waals surface area contributed by atoms with Crippen LogP contribution < -0.4 is 4.74 Å². The molecule has 0 radical (unpaired) electrons. The highest BCUT2D eigenvalue weighted by Gasteiger charge is 2.10. The second kappa shape index (κ2) is 7.48. The third-order valence-corrected chi connectivity index (χ3v) is 3.78. The number of rotatable bonds is 6. The number of benzene rings is 2. The van der Waals surface area contributed by atoms with Crippen LogP contribution in [0.25, 0.3) is 0 Å². The van der Waals surface area contributed by atoms with Gasteiger partial charge in [0.25, 0.3) is 0 Å². The van der Waals surface area contributed by atoms with Crippen LogP contribution in [0.15, 0.2) is 46.9 Å². The van der Waals surface area contributed by atoms with E-state index < -0.39 is 5.97 Å². The smallest absolute Gasteiger partial charge is 0.303 e. The monoisotopic (exact) mass is 368 g/mol. The van der Waals surface area contributed by atoms with Gasteiger partial charge in [-0.05, 0) is 45.6 Å². The van der Waals surface area contributed by atoms with E-state index in [-0.39, 0.29) is 6.42 Å². The van der Waals surface area contributed by atoms with Crippen molar-refractivity contribution >= 4 is 33.5 Å². The second-order valence-corrected chi connectivity index (χ2v) is 5.82. The summed E-state index contributed by atoms with van der Waals surface area (Å²) in [6, 6.07) is 13.4. The highest BCUT2D eigenvalue weighted by Crippen LogP contribution is 2.35. The quantitative estimate of drug-likeness (QED) is 0.803. The van der Waals surface area contributed by atoms with Gasteiger partial charge < -0.3 is 9.84 Å². The molecule has 0 unspecified atom stereocenters. The fraction of sp³-hybridized carbons (Fsp3) is 0.188. The summed E-state index contributed by atoms with van der Waals surface area (Å²) in [6.07, 6.45) is 0.513. The van der Waals surface area contributed by atoms with E-state index in [1.807, 2.05) is 36.4 Å². The van der Waals surface area contributed by atoms with Gasteiger partial charge in [-0.3, -0.25) is 4.79 Å². The van der Waals surface area contributed by atoms with Crippen LogP contribution in [-0.2, 0) is 17.8 Å². The number of carbonyl (C=O) groups is 1. The number of carboxylic acids is 1. The van der Waals surface area contributed by atoms with E-state index in [9.17, 15) is 4.79 Å². The summed E-state index contributed by atoms with van der Waals surface area (Å²) in [5.74, 6) is -0.258. The SMILES string of the molecule is O=C(O)CCc1cc(Cl)c(OCc2ccccc2)c(Br)c1. The summed E-state index contributed by atoms with van der Waals surface area (Å²) in [5, 5.41) is 9.18. The van der Waals surface area contributed by atoms with Gasteiger partial charge in [-0.1, -0.05) is 41.9 Å². The lowest BCUT2D eigenvalue weighted by molar-refractivity contribution is -0.136. The Balaban J connectivity index is 2.08. The van der Waals surface area contributed by atoms with Crippen LogP contribution in [0.4, 0.5) is 0 Å². The third kappa shape index (κ3) is 4.76. The molecule has 21 heavy (non-hydrogen) atoms. The Morgan fingerprint density at radius 1 is 1.19 bits per heavy atom. The zero-order valence-electron chi connectivity index (χ0n) is 11.2. The first-order valence-electron chi connectivity index (χ1n) is 6.42. The largest absolute Gasteiger partial charge is 0.486 e. The predicted octanol–water partition coefficient (Wildman–Crippen LogP) is 4.70. The highest BCUT2D eigenvalue weighted by molar-refractivity contribution is 9.10. The Hall–Kier alpha value is -1.52. The summed E-state index contributed by atoms with van der Waals surface area (Å²) in [6.45, 7) is 0.424. The van der Waals surface area contributed by atoms with Gasteiger partial charge in [-0.25, -0.2) is 0 Å². The third-order valence-electron chi connectivity index (χ3n) is 2.91. The molecule has 0 aliphatic rings. The minimum atomic E-state index is -0.827. The molecule has 0 bridgehead atoms. The zero-order chi connectivity index (χ0) is 15.2. The van der Waals surface area contributed by atoms with Crippen molar-refractivity contribution in [2.45, 2.75) is 19.4 Å². The molecule has 0 spiro atoms. The molecular formula is C16H14BrClO3. The van der Waals surface area contributed by atoms with Crippen LogP contribution in [0, 0.1) is 0 Å². The maximum atomic E-state index is 10.6. The van der Waals surface area contributed by atoms with Gasteiger partial charge in [0.1, 0.15) is 6.61 Å². The van der Waals surface area contributed by atoms with Crippen molar-refractivity contribution in [3.05, 3.63) is 63.1 Å². The van der Waals surface area contributed by atoms with Crippen LogP contribution in [0.1, 0.15) is 17.5 Å². The lowest BCUT2D eigenvalue weighted by Gasteiger charge is -2.12. The Kier molecular flexibility index (Phi) is 5.65. The summed E-state index contributed by atoms with van der Waals surface area (Å²) in [4.78, 5) is 10.6. The molecule has 0 aliphatic heterocycles. The van der Waals surface area contributed by atoms with Gasteiger partial charge in [0.05, 0.1) is 9.50 Å². The molecule has 2 aromatic rings. The fourth-order valence-electron chi connectivity index (χ4n) is 1.88. The second-order valence-electron chi connectivity index (χ2n) is 4.56. The van der Waals surface area contributed by atoms with Gasteiger partial charge in [-0.2, -0.15) is 0 Å². The minimum absolute atomic E-state index is 0.0764. The van der Waals surface area contributed by atoms with Crippen LogP contribution >= 0.6 is 27.5 Å². The molecule has 2 aromatic carbocycles. The van der Waals surface area contributed by atoms with Crippen LogP contribution in [0.2, 0.25) is 5.02 Å². The molecule has 0 amide bonds. The highest BCUT2D eigenvalue weighted by atomic mass is 79.9. The summed E-state index contributed by atoms with van der Waals surface area (Å²) in [7, 11) is 0. The first-order valence-corrected chi connectivity index (χ1v) is 7.60. The number of halogens is 2. The van der Waals surface area contributed by atoms with E-state index in [4.69, 9.17) is 21.4 Å². The Labute approximate surface area is 136 Å². The standard InChI is InChI=1S/C16H14BrClO3/c17-13-8-12(6-7-15(19)20)9-14(18)16(13)21-10-11-4-2-1-3-5-11/h1-5,8-9H,6-7,10H2,(H,19,20). The van der Waals surface area contributed by atoms with Crippen molar-refractivity contribution in [3.8, 4) is 5.75 Å². The van der Waals surface area contributed by atoms with Crippen LogP contribution in [0.3, 0.4) is 0 Å². The molecule has 3 nitrogen and oxygen atoms in total. The number of hydrogen-bond donors (Lipinski definition) is 1. The van der Waals surface area contributed by atoms with E-state index in [0.717, 1.165) is 15.6 Å². The Morgan fingerprint density at radius 3 is 2.52 bits per heavy atom. The van der Waals surface area contributed by atoms with Crippen molar-refractivity contribution in [3.63, 3.8) is 0 Å². The first kappa shape index (κ1) is 15.9. The molecule has 2 rings (SSSR count). The number of aliphatic carboxylic acids is 1. The molecule has 110 valence electrons. The Bertz CT molecular complexity index is 606. The molecule has 0 aromatic heterocycles. The Morgan fingerprint density at radius 2 is 1.90 bits per heavy atom. The average Bonchev–Trinajstić information content (AvgIpc) is 2.45. The minimum Gasteiger partial charge on any atom is -0.486 e. The fourth-order valence-corrected chi connectivity index (χ4v) is 2.91. The van der Waals surface area contributed by atoms with E-state index >= 15 is 0 Å². The number of aryl methyl sites for hydroxylation is 1.